The molecule has 3 nitrogen and oxygen atoms in total. The third kappa shape index (κ3) is 1.62. The lowest BCUT2D eigenvalue weighted by atomic mass is 10.1. The Bertz CT molecular complexity index is 561. The molecule has 0 bridgehead atoms. The molecule has 2 aromatic rings. The summed E-state index contributed by atoms with van der Waals surface area (Å²) < 4.78 is 2.03. The molecule has 0 spiro atoms. The van der Waals surface area contributed by atoms with E-state index in [1.165, 1.54) is 28.8 Å². The van der Waals surface area contributed by atoms with Crippen molar-refractivity contribution in [2.75, 3.05) is 5.73 Å². The minimum absolute atomic E-state index is 0.705. The number of hydrogen-bond donors (Lipinski definition) is 1. The topological polar surface area (TPSA) is 43.8 Å². The predicted molar refractivity (Wildman–Crippen MR) is 69.5 cm³/mol. The van der Waals surface area contributed by atoms with Crippen LogP contribution in [-0.4, -0.2) is 9.78 Å². The summed E-state index contributed by atoms with van der Waals surface area (Å²) in [6.45, 7) is 4.23. The Hall–Kier alpha value is -1.77. The zero-order chi connectivity index (χ0) is 12.0. The molecule has 1 aromatic heterocycles. The van der Waals surface area contributed by atoms with E-state index in [4.69, 9.17) is 5.73 Å². The van der Waals surface area contributed by atoms with Gasteiger partial charge in [0, 0.05) is 11.3 Å². The van der Waals surface area contributed by atoms with Gasteiger partial charge in [0.25, 0.3) is 0 Å². The standard InChI is InChI=1S/C14H17N3/c1-9-6-10(2)8-11(7-9)17-13-5-3-4-12(13)14(15)16-17/h6-8H,3-5H2,1-2H3,(H2,15,16). The maximum absolute atomic E-state index is 5.97. The monoisotopic (exact) mass is 227 g/mol. The second-order valence-electron chi connectivity index (χ2n) is 4.92. The van der Waals surface area contributed by atoms with Crippen LogP contribution < -0.4 is 5.73 Å². The summed E-state index contributed by atoms with van der Waals surface area (Å²) in [7, 11) is 0. The maximum Gasteiger partial charge on any atom is 0.149 e. The van der Waals surface area contributed by atoms with Crippen LogP contribution in [0.5, 0.6) is 0 Å². The first-order valence-corrected chi connectivity index (χ1v) is 6.10. The molecule has 0 atom stereocenters. The highest BCUT2D eigenvalue weighted by atomic mass is 15.3. The summed E-state index contributed by atoms with van der Waals surface area (Å²) in [4.78, 5) is 0. The zero-order valence-corrected chi connectivity index (χ0v) is 10.3. The minimum Gasteiger partial charge on any atom is -0.382 e. The summed E-state index contributed by atoms with van der Waals surface area (Å²) in [6, 6.07) is 6.51. The zero-order valence-electron chi connectivity index (χ0n) is 10.3. The van der Waals surface area contributed by atoms with Crippen molar-refractivity contribution in [3.05, 3.63) is 40.6 Å². The van der Waals surface area contributed by atoms with Crippen LogP contribution in [0.25, 0.3) is 5.69 Å². The molecule has 1 aromatic carbocycles. The molecule has 0 saturated heterocycles. The Morgan fingerprint density at radius 1 is 1.12 bits per heavy atom. The van der Waals surface area contributed by atoms with E-state index in [9.17, 15) is 0 Å². The fourth-order valence-electron chi connectivity index (χ4n) is 2.75. The molecule has 0 amide bonds. The number of nitrogens with zero attached hydrogens (tertiary/aromatic N) is 2. The van der Waals surface area contributed by atoms with Gasteiger partial charge in [-0.3, -0.25) is 0 Å². The van der Waals surface area contributed by atoms with E-state index in [0.717, 1.165) is 18.5 Å². The lowest BCUT2D eigenvalue weighted by Crippen LogP contribution is -2.02. The smallest absolute Gasteiger partial charge is 0.149 e. The Morgan fingerprint density at radius 3 is 2.53 bits per heavy atom. The molecule has 0 unspecified atom stereocenters. The van der Waals surface area contributed by atoms with Gasteiger partial charge in [-0.25, -0.2) is 4.68 Å². The molecule has 1 aliphatic rings. The van der Waals surface area contributed by atoms with E-state index >= 15 is 0 Å². The minimum atomic E-state index is 0.705. The van der Waals surface area contributed by atoms with Gasteiger partial charge in [0.15, 0.2) is 0 Å². The second kappa shape index (κ2) is 3.62. The van der Waals surface area contributed by atoms with Gasteiger partial charge < -0.3 is 5.73 Å². The number of benzene rings is 1. The lowest BCUT2D eigenvalue weighted by molar-refractivity contribution is 0.787. The van der Waals surface area contributed by atoms with Gasteiger partial charge in [0.05, 0.1) is 5.69 Å². The molecule has 3 heteroatoms. The highest BCUT2D eigenvalue weighted by Gasteiger charge is 2.21. The summed E-state index contributed by atoms with van der Waals surface area (Å²) in [5.74, 6) is 0.705. The maximum atomic E-state index is 5.97. The van der Waals surface area contributed by atoms with Crippen molar-refractivity contribution in [3.63, 3.8) is 0 Å². The lowest BCUT2D eigenvalue weighted by Gasteiger charge is -2.07. The third-order valence-corrected chi connectivity index (χ3v) is 3.41. The quantitative estimate of drug-likeness (QED) is 0.813. The van der Waals surface area contributed by atoms with E-state index in [-0.39, 0.29) is 0 Å². The van der Waals surface area contributed by atoms with Crippen molar-refractivity contribution < 1.29 is 0 Å². The Labute approximate surface area is 101 Å². The van der Waals surface area contributed by atoms with Crippen molar-refractivity contribution in [2.45, 2.75) is 33.1 Å². The largest absolute Gasteiger partial charge is 0.382 e. The second-order valence-corrected chi connectivity index (χ2v) is 4.92. The van der Waals surface area contributed by atoms with E-state index < -0.39 is 0 Å². The number of hydrogen-bond acceptors (Lipinski definition) is 2. The number of aryl methyl sites for hydroxylation is 2. The number of rotatable bonds is 1. The van der Waals surface area contributed by atoms with Crippen molar-refractivity contribution >= 4 is 5.82 Å². The fraction of sp³-hybridized carbons (Fsp3) is 0.357. The summed E-state index contributed by atoms with van der Waals surface area (Å²) in [5.41, 5.74) is 12.2. The number of anilines is 1. The van der Waals surface area contributed by atoms with Gasteiger partial charge in [0.2, 0.25) is 0 Å². The van der Waals surface area contributed by atoms with Crippen molar-refractivity contribution in [1.82, 2.24) is 9.78 Å². The molecule has 88 valence electrons. The Morgan fingerprint density at radius 2 is 1.82 bits per heavy atom. The van der Waals surface area contributed by atoms with Crippen LogP contribution in [0.2, 0.25) is 0 Å². The van der Waals surface area contributed by atoms with Crippen LogP contribution in [0.4, 0.5) is 5.82 Å². The third-order valence-electron chi connectivity index (χ3n) is 3.41. The number of nitrogen functional groups attached to an aromatic ring is 1. The molecule has 0 radical (unpaired) electrons. The molecule has 0 saturated carbocycles. The SMILES string of the molecule is Cc1cc(C)cc(-n2nc(N)c3c2CCC3)c1. The molecule has 0 fully saturated rings. The van der Waals surface area contributed by atoms with Gasteiger partial charge in [-0.05, 0) is 56.4 Å². The summed E-state index contributed by atoms with van der Waals surface area (Å²) >= 11 is 0. The molecule has 17 heavy (non-hydrogen) atoms. The van der Waals surface area contributed by atoms with Crippen LogP contribution in [0.15, 0.2) is 18.2 Å². The number of fused-ring (bicyclic) bond motifs is 1. The van der Waals surface area contributed by atoms with E-state index in [0.29, 0.717) is 5.82 Å². The number of aromatic nitrogens is 2. The molecule has 0 aliphatic heterocycles. The molecule has 3 rings (SSSR count). The van der Waals surface area contributed by atoms with Gasteiger partial charge in [-0.2, -0.15) is 5.10 Å². The number of nitrogens with two attached hydrogens (primary N) is 1. The van der Waals surface area contributed by atoms with Crippen molar-refractivity contribution in [1.29, 1.82) is 0 Å². The normalized spacial score (nSPS) is 14.0. The Kier molecular flexibility index (Phi) is 2.21. The average Bonchev–Trinajstić information content (AvgIpc) is 2.81. The van der Waals surface area contributed by atoms with E-state index in [1.807, 2.05) is 4.68 Å². The van der Waals surface area contributed by atoms with E-state index in [2.05, 4.69) is 37.1 Å². The average molecular weight is 227 g/mol. The summed E-state index contributed by atoms with van der Waals surface area (Å²) in [5, 5.41) is 4.48. The van der Waals surface area contributed by atoms with Crippen molar-refractivity contribution in [3.8, 4) is 5.69 Å². The first kappa shape index (κ1) is 10.4. The van der Waals surface area contributed by atoms with Crippen LogP contribution in [0.3, 0.4) is 0 Å². The highest BCUT2D eigenvalue weighted by molar-refractivity contribution is 5.50. The molecule has 1 aliphatic carbocycles. The van der Waals surface area contributed by atoms with E-state index in [1.54, 1.807) is 0 Å². The molecule has 2 N–H and O–H groups in total. The van der Waals surface area contributed by atoms with Crippen LogP contribution >= 0.6 is 0 Å². The summed E-state index contributed by atoms with van der Waals surface area (Å²) in [6.07, 6.45) is 3.36. The van der Waals surface area contributed by atoms with Gasteiger partial charge >= 0.3 is 0 Å². The fourth-order valence-corrected chi connectivity index (χ4v) is 2.75. The van der Waals surface area contributed by atoms with Crippen molar-refractivity contribution in [2.24, 2.45) is 0 Å². The van der Waals surface area contributed by atoms with Crippen LogP contribution in [-0.2, 0) is 12.8 Å². The molecule has 1 heterocycles. The van der Waals surface area contributed by atoms with Crippen LogP contribution in [0, 0.1) is 13.8 Å². The predicted octanol–water partition coefficient (Wildman–Crippen LogP) is 2.56. The first-order chi connectivity index (χ1) is 8.15. The Balaban J connectivity index is 2.18. The highest BCUT2D eigenvalue weighted by Crippen LogP contribution is 2.29. The van der Waals surface area contributed by atoms with Gasteiger partial charge in [0.1, 0.15) is 5.82 Å². The van der Waals surface area contributed by atoms with Gasteiger partial charge in [-0.1, -0.05) is 6.07 Å². The first-order valence-electron chi connectivity index (χ1n) is 6.10. The molecular weight excluding hydrogens is 210 g/mol. The van der Waals surface area contributed by atoms with Crippen LogP contribution in [0.1, 0.15) is 28.8 Å². The molecular formula is C14H17N3. The van der Waals surface area contributed by atoms with Gasteiger partial charge in [-0.15, -0.1) is 0 Å².